The molecule has 1 saturated carbocycles. The van der Waals surface area contributed by atoms with E-state index in [4.69, 9.17) is 25.7 Å². The van der Waals surface area contributed by atoms with Gasteiger partial charge in [-0.25, -0.2) is 4.79 Å². The lowest BCUT2D eigenvalue weighted by molar-refractivity contribution is -0.123. The van der Waals surface area contributed by atoms with Gasteiger partial charge < -0.3 is 25.7 Å². The molecule has 3 aliphatic carbocycles. The minimum Gasteiger partial charge on any atom is -0.493 e. The number of methoxy groups -OCH3 is 1. The molecular formula is C27H37N3O5. The lowest BCUT2D eigenvalue weighted by Gasteiger charge is -2.35. The van der Waals surface area contributed by atoms with Gasteiger partial charge in [-0.2, -0.15) is 0 Å². The molecule has 1 aromatic rings. The predicted octanol–water partition coefficient (Wildman–Crippen LogP) is 3.45. The van der Waals surface area contributed by atoms with E-state index < -0.39 is 17.7 Å². The molecule has 190 valence electrons. The van der Waals surface area contributed by atoms with Crippen LogP contribution in [0.25, 0.3) is 0 Å². The molecule has 0 radical (unpaired) electrons. The van der Waals surface area contributed by atoms with Crippen molar-refractivity contribution in [1.82, 2.24) is 5.32 Å². The van der Waals surface area contributed by atoms with E-state index >= 15 is 0 Å². The quantitative estimate of drug-likeness (QED) is 0.548. The van der Waals surface area contributed by atoms with Crippen molar-refractivity contribution in [2.24, 2.45) is 16.9 Å². The third-order valence-corrected chi connectivity index (χ3v) is 8.27. The predicted molar refractivity (Wildman–Crippen MR) is 131 cm³/mol. The van der Waals surface area contributed by atoms with Gasteiger partial charge in [0.15, 0.2) is 11.5 Å². The summed E-state index contributed by atoms with van der Waals surface area (Å²) in [5.74, 6) is 1.21. The minimum absolute atomic E-state index is 0.0701. The molecule has 0 bridgehead atoms. The number of benzene rings is 1. The SMILES string of the molecule is COc1ccc2c3c1OC1CC(OC(=O)NC(=O)CC4(CN)CCCCC4)C=C(CC(C)(N)C2)C31. The number of hydrogen-bond donors (Lipinski definition) is 3. The van der Waals surface area contributed by atoms with E-state index in [-0.39, 0.29) is 29.8 Å². The second kappa shape index (κ2) is 9.13. The second-order valence-corrected chi connectivity index (χ2v) is 11.2. The van der Waals surface area contributed by atoms with Gasteiger partial charge in [-0.05, 0) is 62.3 Å². The van der Waals surface area contributed by atoms with Crippen LogP contribution in [0.15, 0.2) is 23.8 Å². The number of nitrogens with one attached hydrogen (secondary N) is 1. The molecule has 0 aromatic heterocycles. The lowest BCUT2D eigenvalue weighted by Crippen LogP contribution is -2.42. The Morgan fingerprint density at radius 3 is 2.69 bits per heavy atom. The molecular weight excluding hydrogens is 446 g/mol. The van der Waals surface area contributed by atoms with Crippen LogP contribution in [0, 0.1) is 5.41 Å². The summed E-state index contributed by atoms with van der Waals surface area (Å²) >= 11 is 0. The fourth-order valence-electron chi connectivity index (χ4n) is 6.69. The first-order valence-corrected chi connectivity index (χ1v) is 12.8. The number of imide groups is 1. The Morgan fingerprint density at radius 1 is 1.20 bits per heavy atom. The number of ether oxygens (including phenoxy) is 3. The van der Waals surface area contributed by atoms with Gasteiger partial charge in [0, 0.05) is 29.9 Å². The monoisotopic (exact) mass is 483 g/mol. The molecule has 35 heavy (non-hydrogen) atoms. The maximum absolute atomic E-state index is 12.7. The van der Waals surface area contributed by atoms with Gasteiger partial charge in [-0.1, -0.05) is 30.9 Å². The summed E-state index contributed by atoms with van der Waals surface area (Å²) < 4.78 is 17.6. The summed E-state index contributed by atoms with van der Waals surface area (Å²) in [6.45, 7) is 2.50. The van der Waals surface area contributed by atoms with Gasteiger partial charge in [-0.15, -0.1) is 0 Å². The topological polar surface area (TPSA) is 126 Å². The zero-order valence-electron chi connectivity index (χ0n) is 20.7. The number of hydrogen-bond acceptors (Lipinski definition) is 7. The Hall–Kier alpha value is -2.58. The lowest BCUT2D eigenvalue weighted by atomic mass is 9.72. The van der Waals surface area contributed by atoms with Crippen molar-refractivity contribution in [1.29, 1.82) is 0 Å². The molecule has 1 fully saturated rings. The largest absolute Gasteiger partial charge is 0.493 e. The molecule has 0 saturated heterocycles. The highest BCUT2D eigenvalue weighted by Crippen LogP contribution is 2.55. The van der Waals surface area contributed by atoms with Gasteiger partial charge >= 0.3 is 6.09 Å². The van der Waals surface area contributed by atoms with Gasteiger partial charge in [-0.3, -0.25) is 10.1 Å². The minimum atomic E-state index is -0.726. The molecule has 5 rings (SSSR count). The maximum Gasteiger partial charge on any atom is 0.414 e. The summed E-state index contributed by atoms with van der Waals surface area (Å²) in [5.41, 5.74) is 15.5. The standard InChI is InChI=1S/C27H37N3O5/c1-26(29)12-16-6-7-19(33-2)24-23(16)22-17(13-26)10-18(11-20(22)35-24)34-25(32)30-21(31)14-27(15-28)8-4-3-5-9-27/h6-7,10,18,20,22H,3-5,8-9,11-15,28-29H2,1-2H3,(H,30,31,32). The van der Waals surface area contributed by atoms with E-state index in [9.17, 15) is 9.59 Å². The smallest absolute Gasteiger partial charge is 0.414 e. The average Bonchev–Trinajstić information content (AvgIpc) is 3.13. The number of nitrogens with two attached hydrogens (primary N) is 2. The number of amides is 2. The van der Waals surface area contributed by atoms with Gasteiger partial charge in [0.25, 0.3) is 0 Å². The molecule has 2 amide bonds. The highest BCUT2D eigenvalue weighted by atomic mass is 16.6. The van der Waals surface area contributed by atoms with Crippen LogP contribution in [0.1, 0.15) is 75.3 Å². The van der Waals surface area contributed by atoms with E-state index in [1.807, 2.05) is 12.1 Å². The first kappa shape index (κ1) is 24.1. The average molecular weight is 484 g/mol. The van der Waals surface area contributed by atoms with Gasteiger partial charge in [0.1, 0.15) is 12.2 Å². The Kier molecular flexibility index (Phi) is 6.30. The zero-order chi connectivity index (χ0) is 24.8. The molecule has 0 spiro atoms. The summed E-state index contributed by atoms with van der Waals surface area (Å²) in [4.78, 5) is 25.3. The van der Waals surface area contributed by atoms with E-state index in [0.717, 1.165) is 49.0 Å². The second-order valence-electron chi connectivity index (χ2n) is 11.2. The van der Waals surface area contributed by atoms with Gasteiger partial charge in [0.2, 0.25) is 5.91 Å². The van der Waals surface area contributed by atoms with Gasteiger partial charge in [0.05, 0.1) is 7.11 Å². The van der Waals surface area contributed by atoms with Crippen molar-refractivity contribution in [2.45, 2.75) is 88.4 Å². The van der Waals surface area contributed by atoms with E-state index in [2.05, 4.69) is 18.3 Å². The molecule has 4 atom stereocenters. The number of carbonyl (C=O) groups is 2. The summed E-state index contributed by atoms with van der Waals surface area (Å²) in [6.07, 6.45) is 7.91. The third kappa shape index (κ3) is 4.66. The Bertz CT molecular complexity index is 1040. The highest BCUT2D eigenvalue weighted by molar-refractivity contribution is 5.92. The number of alkyl carbamates (subject to hydrolysis) is 1. The molecule has 1 aromatic carbocycles. The summed E-state index contributed by atoms with van der Waals surface area (Å²) in [5, 5.41) is 2.43. The van der Waals surface area contributed by atoms with Crippen molar-refractivity contribution < 1.29 is 23.8 Å². The van der Waals surface area contributed by atoms with E-state index in [0.29, 0.717) is 25.1 Å². The van der Waals surface area contributed by atoms with Crippen LogP contribution in [-0.2, 0) is 16.0 Å². The van der Waals surface area contributed by atoms with Crippen molar-refractivity contribution >= 4 is 12.0 Å². The Morgan fingerprint density at radius 2 is 1.97 bits per heavy atom. The van der Waals surface area contributed by atoms with Crippen molar-refractivity contribution in [3.05, 3.63) is 34.9 Å². The fourth-order valence-corrected chi connectivity index (χ4v) is 6.69. The molecule has 5 N–H and O–H groups in total. The Balaban J connectivity index is 1.30. The zero-order valence-corrected chi connectivity index (χ0v) is 20.7. The fraction of sp³-hybridized carbons (Fsp3) is 0.630. The highest BCUT2D eigenvalue weighted by Gasteiger charge is 2.48. The summed E-state index contributed by atoms with van der Waals surface area (Å²) in [6, 6.07) is 4.02. The van der Waals surface area contributed by atoms with Crippen LogP contribution in [0.5, 0.6) is 11.5 Å². The molecule has 1 heterocycles. The molecule has 4 unspecified atom stereocenters. The molecule has 8 heteroatoms. The summed E-state index contributed by atoms with van der Waals surface area (Å²) in [7, 11) is 1.64. The first-order valence-electron chi connectivity index (χ1n) is 12.8. The normalized spacial score (nSPS) is 30.3. The number of rotatable bonds is 5. The first-order chi connectivity index (χ1) is 16.7. The van der Waals surface area contributed by atoms with Crippen molar-refractivity contribution in [3.8, 4) is 11.5 Å². The van der Waals surface area contributed by atoms with Crippen LogP contribution >= 0.6 is 0 Å². The third-order valence-electron chi connectivity index (χ3n) is 8.27. The van der Waals surface area contributed by atoms with E-state index in [1.165, 1.54) is 12.0 Å². The van der Waals surface area contributed by atoms with E-state index in [1.54, 1.807) is 7.11 Å². The number of carbonyl (C=O) groups excluding carboxylic acids is 2. The molecule has 4 aliphatic rings. The van der Waals surface area contributed by atoms with Crippen molar-refractivity contribution in [3.63, 3.8) is 0 Å². The molecule has 8 nitrogen and oxygen atoms in total. The van der Waals surface area contributed by atoms with Crippen LogP contribution in [0.4, 0.5) is 4.79 Å². The van der Waals surface area contributed by atoms with Crippen molar-refractivity contribution in [2.75, 3.05) is 13.7 Å². The Labute approximate surface area is 206 Å². The van der Waals surface area contributed by atoms with Crippen LogP contribution < -0.4 is 26.3 Å². The maximum atomic E-state index is 12.7. The van der Waals surface area contributed by atoms with Crippen LogP contribution in [-0.4, -0.2) is 43.4 Å². The van der Waals surface area contributed by atoms with Crippen LogP contribution in [0.3, 0.4) is 0 Å². The molecule has 1 aliphatic heterocycles. The van der Waals surface area contributed by atoms with Crippen LogP contribution in [0.2, 0.25) is 0 Å².